The van der Waals surface area contributed by atoms with Crippen molar-refractivity contribution in [2.45, 2.75) is 12.3 Å². The number of rotatable bonds is 8. The molecule has 0 fully saturated rings. The van der Waals surface area contributed by atoms with Crippen LogP contribution >= 0.6 is 0 Å². The summed E-state index contributed by atoms with van der Waals surface area (Å²) in [6.45, 7) is -0.597. The smallest absolute Gasteiger partial charge is 0.394 e. The fraction of sp³-hybridized carbons (Fsp3) is 0.160. The molecular formula is C25H22F4N4O3. The number of amides is 1. The van der Waals surface area contributed by atoms with Crippen LogP contribution in [0.5, 0.6) is 0 Å². The van der Waals surface area contributed by atoms with Crippen LogP contribution in [0.15, 0.2) is 66.9 Å². The Labute approximate surface area is 203 Å². The van der Waals surface area contributed by atoms with E-state index in [2.05, 4.69) is 15.6 Å². The SMILES string of the molecule is CN/C=C\C(=N)c1cc(C(=O)Nc2ccc(C(O)CO)nc2-c2ccccc2)c(F)cc1C(F)(F)F. The molecule has 7 nitrogen and oxygen atoms in total. The third-order valence-corrected chi connectivity index (χ3v) is 5.09. The Morgan fingerprint density at radius 1 is 1.14 bits per heavy atom. The van der Waals surface area contributed by atoms with Gasteiger partial charge in [-0.15, -0.1) is 0 Å². The first-order chi connectivity index (χ1) is 17.1. The van der Waals surface area contributed by atoms with E-state index in [1.807, 2.05) is 0 Å². The van der Waals surface area contributed by atoms with Gasteiger partial charge in [-0.05, 0) is 36.5 Å². The number of aliphatic hydroxyl groups is 2. The van der Waals surface area contributed by atoms with Gasteiger partial charge in [-0.1, -0.05) is 30.3 Å². The minimum atomic E-state index is -4.96. The standard InChI is InChI=1S/C25H22F4N4O3/c1-31-10-9-19(30)15-11-16(18(26)12-17(15)25(27,28)29)24(36)33-21-8-7-20(22(35)13-34)32-23(21)14-5-3-2-4-6-14/h2-12,22,30-31,34-35H,13H2,1H3,(H,33,36)/b10-9-,30-19?. The molecule has 3 rings (SSSR count). The normalized spacial score (nSPS) is 12.4. The molecule has 188 valence electrons. The van der Waals surface area contributed by atoms with Gasteiger partial charge in [0.1, 0.15) is 11.9 Å². The topological polar surface area (TPSA) is 118 Å². The number of nitrogens with zero attached hydrogens (tertiary/aromatic N) is 1. The Bertz CT molecular complexity index is 1290. The summed E-state index contributed by atoms with van der Waals surface area (Å²) in [5.41, 5.74) is -2.45. The Kier molecular flexibility index (Phi) is 8.18. The molecule has 1 heterocycles. The van der Waals surface area contributed by atoms with E-state index in [-0.39, 0.29) is 23.1 Å². The molecule has 5 N–H and O–H groups in total. The average molecular weight is 502 g/mol. The van der Waals surface area contributed by atoms with Gasteiger partial charge in [-0.3, -0.25) is 4.79 Å². The van der Waals surface area contributed by atoms with E-state index in [1.165, 1.54) is 25.4 Å². The number of aliphatic hydroxyl groups excluding tert-OH is 2. The van der Waals surface area contributed by atoms with E-state index in [0.29, 0.717) is 11.6 Å². The average Bonchev–Trinajstić information content (AvgIpc) is 2.86. The van der Waals surface area contributed by atoms with Gasteiger partial charge >= 0.3 is 6.18 Å². The van der Waals surface area contributed by atoms with Crippen molar-refractivity contribution in [3.05, 3.63) is 95.1 Å². The number of hydrogen-bond donors (Lipinski definition) is 5. The second-order valence-corrected chi connectivity index (χ2v) is 7.56. The van der Waals surface area contributed by atoms with E-state index in [0.717, 1.165) is 6.08 Å². The highest BCUT2D eigenvalue weighted by atomic mass is 19.4. The first-order valence-electron chi connectivity index (χ1n) is 10.6. The number of carbonyl (C=O) groups excluding carboxylic acids is 1. The fourth-order valence-corrected chi connectivity index (χ4v) is 3.32. The summed E-state index contributed by atoms with van der Waals surface area (Å²) in [5, 5.41) is 32.2. The summed E-state index contributed by atoms with van der Waals surface area (Å²) >= 11 is 0. The number of aromatic nitrogens is 1. The fourth-order valence-electron chi connectivity index (χ4n) is 3.32. The molecule has 36 heavy (non-hydrogen) atoms. The molecule has 0 saturated carbocycles. The molecule has 2 aromatic carbocycles. The maximum Gasteiger partial charge on any atom is 0.417 e. The van der Waals surface area contributed by atoms with Crippen molar-refractivity contribution >= 4 is 17.3 Å². The number of alkyl halides is 3. The zero-order valence-electron chi connectivity index (χ0n) is 18.9. The summed E-state index contributed by atoms with van der Waals surface area (Å²) in [5.74, 6) is -2.49. The number of hydrogen-bond acceptors (Lipinski definition) is 6. The maximum atomic E-state index is 14.7. The van der Waals surface area contributed by atoms with Gasteiger partial charge in [0.25, 0.3) is 5.91 Å². The zero-order valence-corrected chi connectivity index (χ0v) is 18.9. The van der Waals surface area contributed by atoms with Crippen molar-refractivity contribution in [2.24, 2.45) is 0 Å². The van der Waals surface area contributed by atoms with Crippen LogP contribution in [0, 0.1) is 11.2 Å². The Hall–Kier alpha value is -4.09. The van der Waals surface area contributed by atoms with Gasteiger partial charge in [0.15, 0.2) is 0 Å². The predicted octanol–water partition coefficient (Wildman–Crippen LogP) is 4.29. The molecule has 1 unspecified atom stereocenters. The van der Waals surface area contributed by atoms with Crippen LogP contribution in [0.25, 0.3) is 11.3 Å². The molecule has 1 atom stereocenters. The van der Waals surface area contributed by atoms with E-state index >= 15 is 0 Å². The van der Waals surface area contributed by atoms with Gasteiger partial charge in [-0.25, -0.2) is 9.37 Å². The second kappa shape index (κ2) is 11.1. The van der Waals surface area contributed by atoms with Crippen LogP contribution < -0.4 is 10.6 Å². The largest absolute Gasteiger partial charge is 0.417 e. The molecule has 0 radical (unpaired) electrons. The molecule has 3 aromatic rings. The highest BCUT2D eigenvalue weighted by Gasteiger charge is 2.36. The van der Waals surface area contributed by atoms with Gasteiger partial charge in [0.05, 0.1) is 40.5 Å². The summed E-state index contributed by atoms with van der Waals surface area (Å²) in [4.78, 5) is 17.3. The van der Waals surface area contributed by atoms with E-state index in [4.69, 9.17) is 5.41 Å². The van der Waals surface area contributed by atoms with Gasteiger partial charge in [0.2, 0.25) is 0 Å². The van der Waals surface area contributed by atoms with Crippen molar-refractivity contribution in [3.8, 4) is 11.3 Å². The lowest BCUT2D eigenvalue weighted by Gasteiger charge is -2.17. The van der Waals surface area contributed by atoms with Gasteiger partial charge < -0.3 is 26.3 Å². The number of carbonyl (C=O) groups is 1. The Morgan fingerprint density at radius 3 is 2.44 bits per heavy atom. The molecule has 0 saturated heterocycles. The quantitative estimate of drug-likeness (QED) is 0.233. The van der Waals surface area contributed by atoms with Crippen molar-refractivity contribution < 1.29 is 32.6 Å². The number of halogens is 4. The monoisotopic (exact) mass is 502 g/mol. The van der Waals surface area contributed by atoms with Crippen molar-refractivity contribution in [1.29, 1.82) is 5.41 Å². The van der Waals surface area contributed by atoms with Crippen molar-refractivity contribution in [3.63, 3.8) is 0 Å². The molecule has 0 aliphatic heterocycles. The lowest BCUT2D eigenvalue weighted by atomic mass is 9.98. The zero-order chi connectivity index (χ0) is 26.5. The van der Waals surface area contributed by atoms with Crippen LogP contribution in [0.4, 0.5) is 23.2 Å². The first kappa shape index (κ1) is 26.5. The molecule has 0 spiro atoms. The highest BCUT2D eigenvalue weighted by molar-refractivity contribution is 6.11. The molecule has 11 heteroatoms. The second-order valence-electron chi connectivity index (χ2n) is 7.56. The van der Waals surface area contributed by atoms with E-state index < -0.39 is 53.0 Å². The molecule has 1 amide bonds. The van der Waals surface area contributed by atoms with Crippen molar-refractivity contribution in [1.82, 2.24) is 10.3 Å². The summed E-state index contributed by atoms with van der Waals surface area (Å²) in [7, 11) is 1.49. The maximum absolute atomic E-state index is 14.7. The molecular weight excluding hydrogens is 480 g/mol. The lowest BCUT2D eigenvalue weighted by Crippen LogP contribution is -2.19. The van der Waals surface area contributed by atoms with Crippen LogP contribution in [-0.2, 0) is 6.18 Å². The predicted molar refractivity (Wildman–Crippen MR) is 126 cm³/mol. The Balaban J connectivity index is 2.07. The van der Waals surface area contributed by atoms with Crippen LogP contribution in [0.3, 0.4) is 0 Å². The van der Waals surface area contributed by atoms with Gasteiger partial charge in [0, 0.05) is 18.2 Å². The Morgan fingerprint density at radius 2 is 1.83 bits per heavy atom. The minimum absolute atomic E-state index is 0.0890. The van der Waals surface area contributed by atoms with E-state index in [9.17, 15) is 32.6 Å². The number of nitrogens with one attached hydrogen (secondary N) is 3. The summed E-state index contributed by atoms with van der Waals surface area (Å²) < 4.78 is 55.3. The number of benzene rings is 2. The van der Waals surface area contributed by atoms with Crippen LogP contribution in [0.2, 0.25) is 0 Å². The number of allylic oxidation sites excluding steroid dienone is 1. The third kappa shape index (κ3) is 5.93. The lowest BCUT2D eigenvalue weighted by molar-refractivity contribution is -0.137. The summed E-state index contributed by atoms with van der Waals surface area (Å²) in [6.07, 6.45) is -3.97. The molecule has 0 aliphatic carbocycles. The summed E-state index contributed by atoms with van der Waals surface area (Å²) in [6, 6.07) is 12.0. The molecule has 1 aromatic heterocycles. The first-order valence-corrected chi connectivity index (χ1v) is 10.6. The van der Waals surface area contributed by atoms with Crippen LogP contribution in [-0.4, -0.2) is 40.5 Å². The number of pyridine rings is 1. The van der Waals surface area contributed by atoms with E-state index in [1.54, 1.807) is 30.3 Å². The van der Waals surface area contributed by atoms with Crippen LogP contribution in [0.1, 0.15) is 33.3 Å². The highest BCUT2D eigenvalue weighted by Crippen LogP contribution is 2.35. The number of anilines is 1. The minimum Gasteiger partial charge on any atom is -0.394 e. The third-order valence-electron chi connectivity index (χ3n) is 5.09. The molecule has 0 bridgehead atoms. The van der Waals surface area contributed by atoms with Crippen molar-refractivity contribution in [2.75, 3.05) is 19.0 Å². The molecule has 0 aliphatic rings. The van der Waals surface area contributed by atoms with Gasteiger partial charge in [-0.2, -0.15) is 13.2 Å².